The van der Waals surface area contributed by atoms with Gasteiger partial charge in [-0.3, -0.25) is 9.59 Å². The summed E-state index contributed by atoms with van der Waals surface area (Å²) in [5, 5.41) is 0. The van der Waals surface area contributed by atoms with E-state index in [2.05, 4.69) is 4.98 Å². The third-order valence-electron chi connectivity index (χ3n) is 2.33. The molecule has 0 radical (unpaired) electrons. The number of aryl methyl sites for hydroxylation is 1. The summed E-state index contributed by atoms with van der Waals surface area (Å²) < 4.78 is 6.44. The molecule has 1 aromatic heterocycles. The third-order valence-corrected chi connectivity index (χ3v) is 2.33. The quantitative estimate of drug-likeness (QED) is 0.700. The molecule has 17 heavy (non-hydrogen) atoms. The van der Waals surface area contributed by atoms with Gasteiger partial charge in [0.1, 0.15) is 12.2 Å². The van der Waals surface area contributed by atoms with Crippen LogP contribution in [-0.4, -0.2) is 46.0 Å². The predicted molar refractivity (Wildman–Crippen MR) is 61.4 cm³/mol. The fourth-order valence-electron chi connectivity index (χ4n) is 1.41. The Bertz CT molecular complexity index is 400. The van der Waals surface area contributed by atoms with E-state index in [1.807, 2.05) is 6.92 Å². The lowest BCUT2D eigenvalue weighted by Crippen LogP contribution is -2.37. The highest BCUT2D eigenvalue weighted by atomic mass is 16.5. The highest BCUT2D eigenvalue weighted by molar-refractivity contribution is 5.94. The van der Waals surface area contributed by atoms with Gasteiger partial charge >= 0.3 is 5.97 Å². The molecule has 1 aromatic rings. The Hall–Kier alpha value is -1.85. The summed E-state index contributed by atoms with van der Waals surface area (Å²) >= 11 is 0. The van der Waals surface area contributed by atoms with Gasteiger partial charge in [0.25, 0.3) is 5.91 Å². The van der Waals surface area contributed by atoms with Crippen LogP contribution in [0.25, 0.3) is 0 Å². The molecule has 0 saturated carbocycles. The maximum atomic E-state index is 12.1. The first kappa shape index (κ1) is 13.2. The number of hydrogen-bond donors (Lipinski definition) is 0. The van der Waals surface area contributed by atoms with E-state index in [0.717, 1.165) is 0 Å². The van der Waals surface area contributed by atoms with Crippen LogP contribution in [0.2, 0.25) is 0 Å². The minimum absolute atomic E-state index is 0.0334. The van der Waals surface area contributed by atoms with Crippen LogP contribution >= 0.6 is 0 Å². The molecule has 6 heteroatoms. The molecule has 0 atom stereocenters. The molecule has 1 rings (SSSR count). The van der Waals surface area contributed by atoms with Crippen molar-refractivity contribution in [3.8, 4) is 0 Å². The van der Waals surface area contributed by atoms with Gasteiger partial charge < -0.3 is 14.2 Å². The Morgan fingerprint density at radius 1 is 1.47 bits per heavy atom. The number of nitrogens with zero attached hydrogens (tertiary/aromatic N) is 3. The van der Waals surface area contributed by atoms with Gasteiger partial charge in [-0.2, -0.15) is 0 Å². The van der Waals surface area contributed by atoms with Gasteiger partial charge in [-0.05, 0) is 13.8 Å². The van der Waals surface area contributed by atoms with Gasteiger partial charge in [-0.1, -0.05) is 0 Å². The molecule has 0 aliphatic carbocycles. The summed E-state index contributed by atoms with van der Waals surface area (Å²) in [7, 11) is 1.73. The van der Waals surface area contributed by atoms with E-state index in [-0.39, 0.29) is 12.5 Å². The molecule has 94 valence electrons. The number of carbonyl (C=O) groups is 2. The fraction of sp³-hybridized carbons (Fsp3) is 0.545. The first-order chi connectivity index (χ1) is 8.10. The van der Waals surface area contributed by atoms with Crippen LogP contribution in [0.4, 0.5) is 0 Å². The van der Waals surface area contributed by atoms with E-state index in [1.165, 1.54) is 11.1 Å². The first-order valence-corrected chi connectivity index (χ1v) is 5.51. The Kier molecular flexibility index (Phi) is 4.68. The molecular formula is C11H17N3O3. The van der Waals surface area contributed by atoms with E-state index < -0.39 is 5.97 Å². The Labute approximate surface area is 100 Å². The van der Waals surface area contributed by atoms with Crippen molar-refractivity contribution in [2.45, 2.75) is 13.8 Å². The van der Waals surface area contributed by atoms with E-state index in [0.29, 0.717) is 18.8 Å². The lowest BCUT2D eigenvalue weighted by Gasteiger charge is -2.19. The minimum Gasteiger partial charge on any atom is -0.465 e. The summed E-state index contributed by atoms with van der Waals surface area (Å²) in [4.78, 5) is 28.7. The zero-order valence-corrected chi connectivity index (χ0v) is 10.3. The zero-order chi connectivity index (χ0) is 12.8. The van der Waals surface area contributed by atoms with Crippen LogP contribution in [0, 0.1) is 0 Å². The molecule has 6 nitrogen and oxygen atoms in total. The minimum atomic E-state index is -0.398. The van der Waals surface area contributed by atoms with Gasteiger partial charge in [-0.15, -0.1) is 0 Å². The zero-order valence-electron chi connectivity index (χ0n) is 10.3. The average Bonchev–Trinajstić information content (AvgIpc) is 2.72. The van der Waals surface area contributed by atoms with Crippen molar-refractivity contribution < 1.29 is 14.3 Å². The van der Waals surface area contributed by atoms with Gasteiger partial charge in [0.15, 0.2) is 0 Å². The second-order valence-electron chi connectivity index (χ2n) is 3.51. The van der Waals surface area contributed by atoms with Crippen LogP contribution in [0.15, 0.2) is 12.5 Å². The third kappa shape index (κ3) is 3.30. The fourth-order valence-corrected chi connectivity index (χ4v) is 1.41. The topological polar surface area (TPSA) is 64.4 Å². The van der Waals surface area contributed by atoms with Crippen molar-refractivity contribution in [3.05, 3.63) is 18.2 Å². The number of aromatic nitrogens is 2. The molecule has 0 aromatic carbocycles. The predicted octanol–water partition coefficient (Wildman–Crippen LogP) is 0.445. The molecule has 0 bridgehead atoms. The van der Waals surface area contributed by atoms with Crippen LogP contribution in [-0.2, 0) is 16.6 Å². The lowest BCUT2D eigenvalue weighted by molar-refractivity contribution is -0.143. The standard InChI is InChI=1S/C11H17N3O3/c1-4-14(7-10(15)17-5-2)11(16)9-6-12-8-13(9)3/h6,8H,4-5,7H2,1-3H3. The molecule has 0 unspecified atom stereocenters. The van der Waals surface area contributed by atoms with Crippen molar-refractivity contribution in [1.82, 2.24) is 14.5 Å². The molecular weight excluding hydrogens is 222 g/mol. The van der Waals surface area contributed by atoms with Crippen molar-refractivity contribution in [3.63, 3.8) is 0 Å². The summed E-state index contributed by atoms with van der Waals surface area (Å²) in [6.07, 6.45) is 3.03. The van der Waals surface area contributed by atoms with Crippen LogP contribution in [0.1, 0.15) is 24.3 Å². The molecule has 0 saturated heterocycles. The molecule has 1 amide bonds. The number of likely N-dealkylation sites (N-methyl/N-ethyl adjacent to an activating group) is 1. The van der Waals surface area contributed by atoms with E-state index in [1.54, 1.807) is 24.9 Å². The molecule has 0 aliphatic rings. The largest absolute Gasteiger partial charge is 0.465 e. The normalized spacial score (nSPS) is 10.1. The summed E-state index contributed by atoms with van der Waals surface area (Å²) in [6, 6.07) is 0. The van der Waals surface area contributed by atoms with Crippen molar-refractivity contribution in [2.75, 3.05) is 19.7 Å². The maximum absolute atomic E-state index is 12.1. The van der Waals surface area contributed by atoms with E-state index in [9.17, 15) is 9.59 Å². The number of esters is 1. The van der Waals surface area contributed by atoms with Crippen LogP contribution in [0.5, 0.6) is 0 Å². The Balaban J connectivity index is 2.71. The maximum Gasteiger partial charge on any atom is 0.325 e. The number of rotatable bonds is 5. The SMILES string of the molecule is CCOC(=O)CN(CC)C(=O)c1cncn1C. The van der Waals surface area contributed by atoms with Gasteiger partial charge in [0, 0.05) is 13.6 Å². The van der Waals surface area contributed by atoms with Crippen LogP contribution in [0.3, 0.4) is 0 Å². The van der Waals surface area contributed by atoms with Gasteiger partial charge in [0.2, 0.25) is 0 Å². The molecule has 0 fully saturated rings. The first-order valence-electron chi connectivity index (χ1n) is 5.51. The number of carbonyl (C=O) groups excluding carboxylic acids is 2. The van der Waals surface area contributed by atoms with Gasteiger partial charge in [-0.25, -0.2) is 4.98 Å². The van der Waals surface area contributed by atoms with Crippen molar-refractivity contribution in [2.24, 2.45) is 7.05 Å². The molecule has 0 spiro atoms. The molecule has 1 heterocycles. The summed E-state index contributed by atoms with van der Waals surface area (Å²) in [6.45, 7) is 4.28. The number of hydrogen-bond acceptors (Lipinski definition) is 4. The summed E-state index contributed by atoms with van der Waals surface area (Å²) in [5.41, 5.74) is 0.455. The van der Waals surface area contributed by atoms with Crippen LogP contribution < -0.4 is 0 Å². The number of imidazole rings is 1. The summed E-state index contributed by atoms with van der Waals surface area (Å²) in [5.74, 6) is -0.620. The monoisotopic (exact) mass is 239 g/mol. The lowest BCUT2D eigenvalue weighted by atomic mass is 10.3. The second-order valence-corrected chi connectivity index (χ2v) is 3.51. The van der Waals surface area contributed by atoms with Crippen molar-refractivity contribution >= 4 is 11.9 Å². The smallest absolute Gasteiger partial charge is 0.325 e. The average molecular weight is 239 g/mol. The second kappa shape index (κ2) is 6.03. The Morgan fingerprint density at radius 2 is 2.18 bits per heavy atom. The van der Waals surface area contributed by atoms with E-state index >= 15 is 0 Å². The number of amides is 1. The highest BCUT2D eigenvalue weighted by Gasteiger charge is 2.20. The number of ether oxygens (including phenoxy) is 1. The highest BCUT2D eigenvalue weighted by Crippen LogP contribution is 2.03. The molecule has 0 N–H and O–H groups in total. The van der Waals surface area contributed by atoms with E-state index in [4.69, 9.17) is 4.74 Å². The molecule has 0 aliphatic heterocycles. The van der Waals surface area contributed by atoms with Gasteiger partial charge in [0.05, 0.1) is 19.1 Å². The van der Waals surface area contributed by atoms with Crippen molar-refractivity contribution in [1.29, 1.82) is 0 Å². The Morgan fingerprint density at radius 3 is 2.65 bits per heavy atom.